The number of carbonyl (C=O) groups is 1. The molecule has 0 atom stereocenters. The summed E-state index contributed by atoms with van der Waals surface area (Å²) >= 11 is 0. The SMILES string of the molecule is COc1ccc(S(N)(=O)=O)cc1C(=O)NCCCN1CCCCC1. The summed E-state index contributed by atoms with van der Waals surface area (Å²) in [7, 11) is -2.44. The van der Waals surface area contributed by atoms with Crippen LogP contribution in [0.5, 0.6) is 5.75 Å². The number of ether oxygens (including phenoxy) is 1. The Hall–Kier alpha value is -1.64. The van der Waals surface area contributed by atoms with Crippen molar-refractivity contribution in [3.63, 3.8) is 0 Å². The predicted molar refractivity (Wildman–Crippen MR) is 91.6 cm³/mol. The number of likely N-dealkylation sites (tertiary alicyclic amines) is 1. The van der Waals surface area contributed by atoms with Crippen LogP contribution in [0.15, 0.2) is 23.1 Å². The highest BCUT2D eigenvalue weighted by molar-refractivity contribution is 7.89. The van der Waals surface area contributed by atoms with E-state index in [4.69, 9.17) is 9.88 Å². The largest absolute Gasteiger partial charge is 0.496 e. The Morgan fingerprint density at radius 2 is 2.00 bits per heavy atom. The molecule has 0 aromatic heterocycles. The van der Waals surface area contributed by atoms with Crippen molar-refractivity contribution in [1.82, 2.24) is 10.2 Å². The van der Waals surface area contributed by atoms with Crippen LogP contribution in [-0.2, 0) is 10.0 Å². The molecular formula is C16H25N3O4S. The van der Waals surface area contributed by atoms with E-state index < -0.39 is 10.0 Å². The Kier molecular flexibility index (Phi) is 6.59. The first-order valence-corrected chi connectivity index (χ1v) is 9.68. The van der Waals surface area contributed by atoms with Gasteiger partial charge in [0.05, 0.1) is 17.6 Å². The van der Waals surface area contributed by atoms with Gasteiger partial charge >= 0.3 is 0 Å². The molecule has 1 aliphatic rings. The highest BCUT2D eigenvalue weighted by Gasteiger charge is 2.17. The van der Waals surface area contributed by atoms with Gasteiger partial charge in [-0.3, -0.25) is 4.79 Å². The highest BCUT2D eigenvalue weighted by Crippen LogP contribution is 2.21. The fourth-order valence-electron chi connectivity index (χ4n) is 2.82. The van der Waals surface area contributed by atoms with Crippen LogP contribution >= 0.6 is 0 Å². The maximum atomic E-state index is 12.3. The average Bonchev–Trinajstić information content (AvgIpc) is 2.58. The van der Waals surface area contributed by atoms with Crippen molar-refractivity contribution in [2.75, 3.05) is 33.3 Å². The summed E-state index contributed by atoms with van der Waals surface area (Å²) in [6, 6.07) is 4.00. The predicted octanol–water partition coefficient (Wildman–Crippen LogP) is 0.948. The third-order valence-electron chi connectivity index (χ3n) is 4.13. The van der Waals surface area contributed by atoms with Gasteiger partial charge in [-0.15, -0.1) is 0 Å². The van der Waals surface area contributed by atoms with Gasteiger partial charge in [-0.05, 0) is 57.1 Å². The molecule has 1 aliphatic heterocycles. The Morgan fingerprint density at radius 1 is 1.29 bits per heavy atom. The van der Waals surface area contributed by atoms with Crippen LogP contribution in [0.4, 0.5) is 0 Å². The maximum absolute atomic E-state index is 12.3. The van der Waals surface area contributed by atoms with Crippen LogP contribution in [-0.4, -0.2) is 52.5 Å². The van der Waals surface area contributed by atoms with Crippen LogP contribution < -0.4 is 15.2 Å². The smallest absolute Gasteiger partial charge is 0.255 e. The lowest BCUT2D eigenvalue weighted by molar-refractivity contribution is 0.0948. The molecule has 1 amide bonds. The minimum atomic E-state index is -3.87. The van der Waals surface area contributed by atoms with Gasteiger partial charge in [-0.25, -0.2) is 13.6 Å². The third kappa shape index (κ3) is 5.19. The minimum absolute atomic E-state index is 0.109. The fraction of sp³-hybridized carbons (Fsp3) is 0.562. The number of hydrogen-bond donors (Lipinski definition) is 2. The molecule has 0 spiro atoms. The molecule has 134 valence electrons. The Balaban J connectivity index is 1.93. The number of methoxy groups -OCH3 is 1. The summed E-state index contributed by atoms with van der Waals surface area (Å²) in [5.74, 6) is -0.0491. The summed E-state index contributed by atoms with van der Waals surface area (Å²) < 4.78 is 28.0. The Bertz CT molecular complexity index is 670. The second-order valence-corrected chi connectivity index (χ2v) is 7.48. The van der Waals surface area contributed by atoms with Gasteiger partial charge in [0.2, 0.25) is 10.0 Å². The fourth-order valence-corrected chi connectivity index (χ4v) is 3.36. The highest BCUT2D eigenvalue weighted by atomic mass is 32.2. The zero-order valence-corrected chi connectivity index (χ0v) is 14.8. The standard InChI is InChI=1S/C16H25N3O4S/c1-23-15-7-6-13(24(17,21)22)12-14(15)16(20)18-8-5-11-19-9-3-2-4-10-19/h6-7,12H,2-5,8-11H2,1H3,(H,18,20)(H2,17,21,22). The number of primary sulfonamides is 1. The molecule has 3 N–H and O–H groups in total. The van der Waals surface area contributed by atoms with Crippen molar-refractivity contribution in [2.24, 2.45) is 5.14 Å². The van der Waals surface area contributed by atoms with Crippen LogP contribution in [0.2, 0.25) is 0 Å². The van der Waals surface area contributed by atoms with Crippen LogP contribution in [0, 0.1) is 0 Å². The van der Waals surface area contributed by atoms with Crippen LogP contribution in [0.1, 0.15) is 36.0 Å². The summed E-state index contributed by atoms with van der Waals surface area (Å²) in [4.78, 5) is 14.6. The summed E-state index contributed by atoms with van der Waals surface area (Å²) in [5.41, 5.74) is 0.169. The number of sulfonamides is 1. The van der Waals surface area contributed by atoms with E-state index in [-0.39, 0.29) is 16.4 Å². The maximum Gasteiger partial charge on any atom is 0.255 e. The molecule has 1 heterocycles. The first-order valence-electron chi connectivity index (χ1n) is 8.13. The number of hydrogen-bond acceptors (Lipinski definition) is 5. The molecule has 24 heavy (non-hydrogen) atoms. The molecule has 0 aliphatic carbocycles. The molecule has 1 aromatic rings. The second-order valence-electron chi connectivity index (χ2n) is 5.92. The lowest BCUT2D eigenvalue weighted by atomic mass is 10.1. The van der Waals surface area contributed by atoms with Gasteiger partial charge in [0.1, 0.15) is 5.75 Å². The number of nitrogens with zero attached hydrogens (tertiary/aromatic N) is 1. The van der Waals surface area contributed by atoms with Crippen molar-refractivity contribution in [2.45, 2.75) is 30.6 Å². The van der Waals surface area contributed by atoms with Gasteiger partial charge in [-0.1, -0.05) is 6.42 Å². The molecule has 1 fully saturated rings. The lowest BCUT2D eigenvalue weighted by Gasteiger charge is -2.26. The molecule has 0 radical (unpaired) electrons. The van der Waals surface area contributed by atoms with Crippen LogP contribution in [0.3, 0.4) is 0 Å². The van der Waals surface area contributed by atoms with Gasteiger partial charge in [0.25, 0.3) is 5.91 Å². The van der Waals surface area contributed by atoms with Crippen molar-refractivity contribution in [3.8, 4) is 5.75 Å². The number of rotatable bonds is 7. The molecule has 1 saturated heterocycles. The van der Waals surface area contributed by atoms with E-state index >= 15 is 0 Å². The summed E-state index contributed by atoms with van der Waals surface area (Å²) in [6.07, 6.45) is 4.63. The number of piperidine rings is 1. The van der Waals surface area contributed by atoms with Crippen molar-refractivity contribution >= 4 is 15.9 Å². The van der Waals surface area contributed by atoms with E-state index in [1.165, 1.54) is 44.6 Å². The molecular weight excluding hydrogens is 330 g/mol. The molecule has 7 nitrogen and oxygen atoms in total. The first-order chi connectivity index (χ1) is 11.4. The van der Waals surface area contributed by atoms with E-state index in [0.717, 1.165) is 26.1 Å². The summed E-state index contributed by atoms with van der Waals surface area (Å²) in [5, 5.41) is 7.93. The quantitative estimate of drug-likeness (QED) is 0.709. The third-order valence-corrected chi connectivity index (χ3v) is 5.04. The van der Waals surface area contributed by atoms with Gasteiger partial charge in [0.15, 0.2) is 0 Å². The van der Waals surface area contributed by atoms with Gasteiger partial charge < -0.3 is 15.0 Å². The van der Waals surface area contributed by atoms with Crippen molar-refractivity contribution in [3.05, 3.63) is 23.8 Å². The molecule has 1 aromatic carbocycles. The van der Waals surface area contributed by atoms with E-state index in [1.807, 2.05) is 0 Å². The Morgan fingerprint density at radius 3 is 2.62 bits per heavy atom. The average molecular weight is 355 g/mol. The number of nitrogens with one attached hydrogen (secondary N) is 1. The molecule has 2 rings (SSSR count). The van der Waals surface area contributed by atoms with E-state index in [1.54, 1.807) is 0 Å². The number of carbonyl (C=O) groups excluding carboxylic acids is 1. The van der Waals surface area contributed by atoms with Crippen molar-refractivity contribution < 1.29 is 17.9 Å². The van der Waals surface area contributed by atoms with Crippen molar-refractivity contribution in [1.29, 1.82) is 0 Å². The lowest BCUT2D eigenvalue weighted by Crippen LogP contribution is -2.33. The molecule has 0 unspecified atom stereocenters. The molecule has 0 bridgehead atoms. The molecule has 0 saturated carbocycles. The molecule has 8 heteroatoms. The number of nitrogens with two attached hydrogens (primary N) is 1. The topological polar surface area (TPSA) is 102 Å². The van der Waals surface area contributed by atoms with Gasteiger partial charge in [-0.2, -0.15) is 0 Å². The monoisotopic (exact) mass is 355 g/mol. The normalized spacial score (nSPS) is 15.9. The Labute approximate surface area is 143 Å². The van der Waals surface area contributed by atoms with Crippen LogP contribution in [0.25, 0.3) is 0 Å². The summed E-state index contributed by atoms with van der Waals surface area (Å²) in [6.45, 7) is 3.73. The number of benzene rings is 1. The first kappa shape index (κ1) is 18.7. The van der Waals surface area contributed by atoms with E-state index in [9.17, 15) is 13.2 Å². The van der Waals surface area contributed by atoms with E-state index in [0.29, 0.717) is 12.3 Å². The minimum Gasteiger partial charge on any atom is -0.496 e. The van der Waals surface area contributed by atoms with Gasteiger partial charge in [0, 0.05) is 6.54 Å². The zero-order valence-electron chi connectivity index (χ0n) is 14.0. The van der Waals surface area contributed by atoms with E-state index in [2.05, 4.69) is 10.2 Å². The second kappa shape index (κ2) is 8.46. The zero-order chi connectivity index (χ0) is 17.6. The number of amides is 1.